The highest BCUT2D eigenvalue weighted by Gasteiger charge is 2.41. The highest BCUT2D eigenvalue weighted by Crippen LogP contribution is 2.41. The van der Waals surface area contributed by atoms with Crippen molar-refractivity contribution >= 4 is 5.91 Å². The molecule has 0 saturated carbocycles. The smallest absolute Gasteiger partial charge is 0.223 e. The molecule has 0 bridgehead atoms. The van der Waals surface area contributed by atoms with Crippen molar-refractivity contribution in [3.8, 4) is 5.75 Å². The van der Waals surface area contributed by atoms with Crippen LogP contribution in [-0.2, 0) is 10.2 Å². The SMILES string of the molecule is COc1ccc([C@H](C)N2CC[C@](CCO)(c3ccccc3)CC2=O)cc1. The lowest BCUT2D eigenvalue weighted by Crippen LogP contribution is -2.47. The number of benzene rings is 2. The number of piperidine rings is 1. The topological polar surface area (TPSA) is 49.8 Å². The van der Waals surface area contributed by atoms with Crippen molar-refractivity contribution in [3.63, 3.8) is 0 Å². The number of hydrogen-bond acceptors (Lipinski definition) is 3. The van der Waals surface area contributed by atoms with Crippen LogP contribution in [0.5, 0.6) is 5.75 Å². The van der Waals surface area contributed by atoms with E-state index in [-0.39, 0.29) is 24.0 Å². The Morgan fingerprint density at radius 2 is 1.85 bits per heavy atom. The molecule has 1 aliphatic rings. The molecule has 0 spiro atoms. The second-order valence-electron chi connectivity index (χ2n) is 7.08. The molecule has 2 atom stereocenters. The monoisotopic (exact) mass is 353 g/mol. The van der Waals surface area contributed by atoms with E-state index in [1.54, 1.807) is 7.11 Å². The van der Waals surface area contributed by atoms with Gasteiger partial charge < -0.3 is 14.7 Å². The molecule has 2 aromatic rings. The molecule has 3 rings (SSSR count). The van der Waals surface area contributed by atoms with Crippen LogP contribution in [0.1, 0.15) is 43.4 Å². The first-order chi connectivity index (χ1) is 12.6. The fourth-order valence-corrected chi connectivity index (χ4v) is 4.02. The number of amides is 1. The maximum Gasteiger partial charge on any atom is 0.223 e. The van der Waals surface area contributed by atoms with E-state index in [0.717, 1.165) is 23.3 Å². The average Bonchev–Trinajstić information content (AvgIpc) is 2.68. The normalized spacial score (nSPS) is 21.5. The summed E-state index contributed by atoms with van der Waals surface area (Å²) in [7, 11) is 1.65. The van der Waals surface area contributed by atoms with Crippen LogP contribution in [0.4, 0.5) is 0 Å². The first-order valence-electron chi connectivity index (χ1n) is 9.19. The zero-order chi connectivity index (χ0) is 18.6. The summed E-state index contributed by atoms with van der Waals surface area (Å²) in [6.45, 7) is 2.86. The lowest BCUT2D eigenvalue weighted by molar-refractivity contribution is -0.138. The van der Waals surface area contributed by atoms with E-state index in [1.807, 2.05) is 47.4 Å². The zero-order valence-corrected chi connectivity index (χ0v) is 15.5. The fourth-order valence-electron chi connectivity index (χ4n) is 4.02. The Bertz CT molecular complexity index is 729. The average molecular weight is 353 g/mol. The van der Waals surface area contributed by atoms with Crippen molar-refractivity contribution in [3.05, 3.63) is 65.7 Å². The summed E-state index contributed by atoms with van der Waals surface area (Å²) in [5.41, 5.74) is 2.00. The fraction of sp³-hybridized carbons (Fsp3) is 0.409. The molecule has 1 saturated heterocycles. The highest BCUT2D eigenvalue weighted by molar-refractivity contribution is 5.79. The molecule has 4 heteroatoms. The van der Waals surface area contributed by atoms with Crippen LogP contribution in [0.15, 0.2) is 54.6 Å². The number of nitrogens with zero attached hydrogens (tertiary/aromatic N) is 1. The molecule has 1 N–H and O–H groups in total. The molecule has 4 nitrogen and oxygen atoms in total. The molecule has 0 aromatic heterocycles. The first kappa shape index (κ1) is 18.5. The quantitative estimate of drug-likeness (QED) is 0.861. The molecule has 2 aromatic carbocycles. The summed E-state index contributed by atoms with van der Waals surface area (Å²) in [4.78, 5) is 15.0. The van der Waals surface area contributed by atoms with Crippen LogP contribution in [0.25, 0.3) is 0 Å². The largest absolute Gasteiger partial charge is 0.497 e. The maximum absolute atomic E-state index is 13.0. The van der Waals surface area contributed by atoms with Gasteiger partial charge in [-0.3, -0.25) is 4.79 Å². The van der Waals surface area contributed by atoms with E-state index in [0.29, 0.717) is 19.4 Å². The standard InChI is InChI=1S/C22H27NO3/c1-17(18-8-10-20(26-2)11-9-18)23-14-12-22(13-15-24,16-21(23)25)19-6-4-3-5-7-19/h3-11,17,24H,12-16H2,1-2H3/t17-,22+/m0/s1. The zero-order valence-electron chi connectivity index (χ0n) is 15.5. The predicted molar refractivity (Wildman–Crippen MR) is 102 cm³/mol. The molecule has 0 aliphatic carbocycles. The Kier molecular flexibility index (Phi) is 5.62. The van der Waals surface area contributed by atoms with Crippen LogP contribution in [0.2, 0.25) is 0 Å². The van der Waals surface area contributed by atoms with E-state index in [4.69, 9.17) is 4.74 Å². The Labute approximate surface area is 155 Å². The molecule has 1 heterocycles. The number of likely N-dealkylation sites (tertiary alicyclic amines) is 1. The van der Waals surface area contributed by atoms with Gasteiger partial charge in [-0.05, 0) is 43.0 Å². The molecule has 26 heavy (non-hydrogen) atoms. The van der Waals surface area contributed by atoms with E-state index in [2.05, 4.69) is 19.1 Å². The number of hydrogen-bond donors (Lipinski definition) is 1. The number of methoxy groups -OCH3 is 1. The summed E-state index contributed by atoms with van der Waals surface area (Å²) in [6.07, 6.45) is 1.93. The van der Waals surface area contributed by atoms with Gasteiger partial charge in [0.15, 0.2) is 0 Å². The van der Waals surface area contributed by atoms with Crippen molar-refractivity contribution in [1.29, 1.82) is 0 Å². The summed E-state index contributed by atoms with van der Waals surface area (Å²) in [5, 5.41) is 9.60. The van der Waals surface area contributed by atoms with Crippen molar-refractivity contribution < 1.29 is 14.6 Å². The van der Waals surface area contributed by atoms with Gasteiger partial charge in [0.05, 0.1) is 13.2 Å². The van der Waals surface area contributed by atoms with E-state index in [9.17, 15) is 9.90 Å². The van der Waals surface area contributed by atoms with Gasteiger partial charge in [0.1, 0.15) is 5.75 Å². The van der Waals surface area contributed by atoms with Gasteiger partial charge in [-0.1, -0.05) is 42.5 Å². The van der Waals surface area contributed by atoms with Gasteiger partial charge in [0, 0.05) is 25.0 Å². The number of carbonyl (C=O) groups is 1. The predicted octanol–water partition coefficient (Wildman–Crippen LogP) is 3.70. The van der Waals surface area contributed by atoms with Crippen LogP contribution >= 0.6 is 0 Å². The third kappa shape index (κ3) is 3.61. The molecule has 1 fully saturated rings. The summed E-state index contributed by atoms with van der Waals surface area (Å²) in [6, 6.07) is 18.1. The Morgan fingerprint density at radius 1 is 1.15 bits per heavy atom. The van der Waals surface area contributed by atoms with E-state index in [1.165, 1.54) is 0 Å². The highest BCUT2D eigenvalue weighted by atomic mass is 16.5. The molecule has 1 amide bonds. The molecular formula is C22H27NO3. The minimum Gasteiger partial charge on any atom is -0.497 e. The molecule has 138 valence electrons. The minimum absolute atomic E-state index is 0.0244. The van der Waals surface area contributed by atoms with Gasteiger partial charge in [-0.15, -0.1) is 0 Å². The Morgan fingerprint density at radius 3 is 2.42 bits per heavy atom. The lowest BCUT2D eigenvalue weighted by atomic mass is 9.70. The first-order valence-corrected chi connectivity index (χ1v) is 9.19. The Balaban J connectivity index is 1.79. The summed E-state index contributed by atoms with van der Waals surface area (Å²) < 4.78 is 5.21. The lowest BCUT2D eigenvalue weighted by Gasteiger charge is -2.43. The van der Waals surface area contributed by atoms with Gasteiger partial charge in [-0.25, -0.2) is 0 Å². The number of ether oxygens (including phenoxy) is 1. The van der Waals surface area contributed by atoms with Gasteiger partial charge in [0.25, 0.3) is 0 Å². The van der Waals surface area contributed by atoms with Crippen LogP contribution in [0.3, 0.4) is 0 Å². The van der Waals surface area contributed by atoms with E-state index < -0.39 is 0 Å². The number of aliphatic hydroxyl groups excluding tert-OH is 1. The van der Waals surface area contributed by atoms with Crippen molar-refractivity contribution in [2.24, 2.45) is 0 Å². The number of aliphatic hydroxyl groups is 1. The van der Waals surface area contributed by atoms with Crippen molar-refractivity contribution in [2.75, 3.05) is 20.3 Å². The summed E-state index contributed by atoms with van der Waals surface area (Å²) >= 11 is 0. The molecular weight excluding hydrogens is 326 g/mol. The number of carbonyl (C=O) groups excluding carboxylic acids is 1. The second-order valence-corrected chi connectivity index (χ2v) is 7.08. The molecule has 0 radical (unpaired) electrons. The minimum atomic E-state index is -0.261. The van der Waals surface area contributed by atoms with Crippen LogP contribution in [0, 0.1) is 0 Å². The van der Waals surface area contributed by atoms with Gasteiger partial charge in [0.2, 0.25) is 5.91 Å². The molecule has 1 aliphatic heterocycles. The van der Waals surface area contributed by atoms with Crippen molar-refractivity contribution in [2.45, 2.75) is 37.6 Å². The number of rotatable bonds is 6. The maximum atomic E-state index is 13.0. The second kappa shape index (κ2) is 7.92. The Hall–Kier alpha value is -2.33. The third-order valence-electron chi connectivity index (χ3n) is 5.68. The van der Waals surface area contributed by atoms with Crippen LogP contribution in [-0.4, -0.2) is 36.2 Å². The van der Waals surface area contributed by atoms with Crippen molar-refractivity contribution in [1.82, 2.24) is 4.90 Å². The van der Waals surface area contributed by atoms with Gasteiger partial charge >= 0.3 is 0 Å². The molecule has 0 unspecified atom stereocenters. The third-order valence-corrected chi connectivity index (χ3v) is 5.68. The van der Waals surface area contributed by atoms with E-state index >= 15 is 0 Å². The van der Waals surface area contributed by atoms with Gasteiger partial charge in [-0.2, -0.15) is 0 Å². The summed E-state index contributed by atoms with van der Waals surface area (Å²) in [5.74, 6) is 0.967. The van der Waals surface area contributed by atoms with Crippen LogP contribution < -0.4 is 4.74 Å².